The Kier molecular flexibility index (Phi) is 4.00. The number of carbonyl (C=O) groups excluding carboxylic acids is 1. The molecule has 2 fully saturated rings. The summed E-state index contributed by atoms with van der Waals surface area (Å²) in [7, 11) is 0. The molecule has 4 rings (SSSR count). The summed E-state index contributed by atoms with van der Waals surface area (Å²) < 4.78 is 39.5. The maximum Gasteiger partial charge on any atom is 0.417 e. The first kappa shape index (κ1) is 17.1. The van der Waals surface area contributed by atoms with Gasteiger partial charge in [0.1, 0.15) is 5.82 Å². The van der Waals surface area contributed by atoms with E-state index in [2.05, 4.69) is 15.4 Å². The molecule has 3 atom stereocenters. The topological polar surface area (TPSA) is 59.8 Å². The van der Waals surface area contributed by atoms with Crippen molar-refractivity contribution in [3.8, 4) is 5.82 Å². The number of nitrogens with zero attached hydrogens (tertiary/aromatic N) is 3. The zero-order valence-corrected chi connectivity index (χ0v) is 14.3. The summed E-state index contributed by atoms with van der Waals surface area (Å²) in [6.45, 7) is 1.76. The lowest BCUT2D eigenvalue weighted by Gasteiger charge is -2.20. The molecule has 2 heterocycles. The molecule has 0 aliphatic heterocycles. The predicted molar refractivity (Wildman–Crippen MR) is 88.7 cm³/mol. The fourth-order valence-corrected chi connectivity index (χ4v) is 4.23. The van der Waals surface area contributed by atoms with Crippen molar-refractivity contribution in [2.75, 3.05) is 5.32 Å². The quantitative estimate of drug-likeness (QED) is 0.897. The average molecular weight is 364 g/mol. The van der Waals surface area contributed by atoms with Crippen molar-refractivity contribution >= 4 is 11.7 Å². The van der Waals surface area contributed by atoms with Gasteiger partial charge >= 0.3 is 6.18 Å². The zero-order valence-electron chi connectivity index (χ0n) is 14.3. The summed E-state index contributed by atoms with van der Waals surface area (Å²) in [4.78, 5) is 16.5. The highest BCUT2D eigenvalue weighted by Gasteiger charge is 2.43. The average Bonchev–Trinajstić information content (AvgIpc) is 3.29. The first-order valence-corrected chi connectivity index (χ1v) is 8.72. The Morgan fingerprint density at radius 1 is 1.27 bits per heavy atom. The van der Waals surface area contributed by atoms with E-state index in [0.717, 1.165) is 31.5 Å². The summed E-state index contributed by atoms with van der Waals surface area (Å²) in [6.07, 6.45) is 0.680. The number of fused-ring (bicyclic) bond motifs is 2. The van der Waals surface area contributed by atoms with Crippen molar-refractivity contribution in [2.24, 2.45) is 17.8 Å². The van der Waals surface area contributed by atoms with E-state index in [1.54, 1.807) is 13.0 Å². The first-order chi connectivity index (χ1) is 12.3. The van der Waals surface area contributed by atoms with Gasteiger partial charge < -0.3 is 5.32 Å². The Hall–Kier alpha value is -2.38. The fourth-order valence-electron chi connectivity index (χ4n) is 4.23. The third-order valence-corrected chi connectivity index (χ3v) is 5.45. The van der Waals surface area contributed by atoms with E-state index >= 15 is 0 Å². The summed E-state index contributed by atoms with van der Waals surface area (Å²) in [5.41, 5.74) is -0.173. The first-order valence-electron chi connectivity index (χ1n) is 8.72. The van der Waals surface area contributed by atoms with Crippen LogP contribution < -0.4 is 5.32 Å². The van der Waals surface area contributed by atoms with Gasteiger partial charge in [-0.25, -0.2) is 4.98 Å². The molecule has 2 aromatic heterocycles. The molecule has 1 N–H and O–H groups in total. The molecule has 5 nitrogen and oxygen atoms in total. The molecule has 0 saturated heterocycles. The van der Waals surface area contributed by atoms with Crippen molar-refractivity contribution in [3.05, 3.63) is 35.7 Å². The number of hydrogen-bond donors (Lipinski definition) is 1. The van der Waals surface area contributed by atoms with E-state index in [9.17, 15) is 18.0 Å². The number of hydrogen-bond acceptors (Lipinski definition) is 3. The van der Waals surface area contributed by atoms with Crippen molar-refractivity contribution in [1.29, 1.82) is 0 Å². The highest BCUT2D eigenvalue weighted by Crippen LogP contribution is 2.48. The maximum absolute atomic E-state index is 12.7. The lowest BCUT2D eigenvalue weighted by molar-refractivity contribution is -0.137. The Morgan fingerprint density at radius 3 is 2.65 bits per heavy atom. The highest BCUT2D eigenvalue weighted by molar-refractivity contribution is 5.92. The molecule has 0 aromatic carbocycles. The summed E-state index contributed by atoms with van der Waals surface area (Å²) in [5.74, 6) is 1.74. The van der Waals surface area contributed by atoms with Crippen LogP contribution in [0.3, 0.4) is 0 Å². The van der Waals surface area contributed by atoms with E-state index in [1.807, 2.05) is 0 Å². The van der Waals surface area contributed by atoms with Crippen LogP contribution in [0.25, 0.3) is 5.82 Å². The van der Waals surface area contributed by atoms with Gasteiger partial charge in [0.05, 0.1) is 11.3 Å². The molecule has 138 valence electrons. The van der Waals surface area contributed by atoms with Gasteiger partial charge in [-0.05, 0) is 50.2 Å². The third kappa shape index (κ3) is 3.08. The lowest BCUT2D eigenvalue weighted by Crippen LogP contribution is -2.28. The molecule has 0 spiro atoms. The maximum atomic E-state index is 12.7. The number of rotatable bonds is 3. The van der Waals surface area contributed by atoms with Gasteiger partial charge in [-0.15, -0.1) is 0 Å². The number of aromatic nitrogens is 3. The molecule has 0 radical (unpaired) electrons. The molecule has 3 unspecified atom stereocenters. The van der Waals surface area contributed by atoms with Gasteiger partial charge in [-0.2, -0.15) is 23.0 Å². The van der Waals surface area contributed by atoms with Crippen LogP contribution in [0, 0.1) is 24.7 Å². The largest absolute Gasteiger partial charge is 0.417 e. The van der Waals surface area contributed by atoms with E-state index in [-0.39, 0.29) is 17.6 Å². The fraction of sp³-hybridized carbons (Fsp3) is 0.500. The number of aryl methyl sites for hydroxylation is 1. The molecule has 26 heavy (non-hydrogen) atoms. The van der Waals surface area contributed by atoms with Gasteiger partial charge in [-0.3, -0.25) is 4.79 Å². The van der Waals surface area contributed by atoms with E-state index < -0.39 is 11.7 Å². The highest BCUT2D eigenvalue weighted by atomic mass is 19.4. The number of anilines is 1. The van der Waals surface area contributed by atoms with Gasteiger partial charge in [0, 0.05) is 18.2 Å². The second kappa shape index (κ2) is 6.10. The van der Waals surface area contributed by atoms with Crippen molar-refractivity contribution < 1.29 is 18.0 Å². The molecule has 2 saturated carbocycles. The molecule has 2 aliphatic rings. The number of halogens is 3. The molecular formula is C18H19F3N4O. The number of alkyl halides is 3. The lowest BCUT2D eigenvalue weighted by atomic mass is 9.88. The Morgan fingerprint density at radius 2 is 2.08 bits per heavy atom. The second-order valence-electron chi connectivity index (χ2n) is 7.26. The van der Waals surface area contributed by atoms with Gasteiger partial charge in [0.15, 0.2) is 5.82 Å². The van der Waals surface area contributed by atoms with Crippen LogP contribution in [0.1, 0.15) is 36.9 Å². The van der Waals surface area contributed by atoms with Crippen molar-refractivity contribution in [1.82, 2.24) is 14.8 Å². The summed E-state index contributed by atoms with van der Waals surface area (Å²) >= 11 is 0. The van der Waals surface area contributed by atoms with Crippen LogP contribution in [0.4, 0.5) is 19.0 Å². The zero-order chi connectivity index (χ0) is 18.5. The SMILES string of the molecule is Cc1cc(NC(=O)C2CC3CCC2C3)n(-c2ccc(C(F)(F)F)cn2)n1. The summed E-state index contributed by atoms with van der Waals surface area (Å²) in [5, 5.41) is 7.16. The smallest absolute Gasteiger partial charge is 0.310 e. The van der Waals surface area contributed by atoms with Gasteiger partial charge in [-0.1, -0.05) is 6.42 Å². The Balaban J connectivity index is 1.56. The van der Waals surface area contributed by atoms with Crippen LogP contribution >= 0.6 is 0 Å². The number of pyridine rings is 1. The van der Waals surface area contributed by atoms with Crippen LogP contribution in [-0.4, -0.2) is 20.7 Å². The predicted octanol–water partition coefficient (Wildman–Crippen LogP) is 3.97. The van der Waals surface area contributed by atoms with Crippen LogP contribution in [0.5, 0.6) is 0 Å². The Bertz CT molecular complexity index is 828. The molecule has 2 aliphatic carbocycles. The number of amides is 1. The molecule has 2 aromatic rings. The minimum atomic E-state index is -4.44. The minimum Gasteiger partial charge on any atom is -0.310 e. The van der Waals surface area contributed by atoms with E-state index in [4.69, 9.17) is 0 Å². The molecular weight excluding hydrogens is 345 g/mol. The Labute approximate surface area is 148 Å². The van der Waals surface area contributed by atoms with Crippen LogP contribution in [-0.2, 0) is 11.0 Å². The minimum absolute atomic E-state index is 0.0120. The third-order valence-electron chi connectivity index (χ3n) is 5.45. The normalized spacial score (nSPS) is 24.8. The van der Waals surface area contributed by atoms with Crippen LogP contribution in [0.15, 0.2) is 24.4 Å². The standard InChI is InChI=1S/C18H19F3N4O/c1-10-6-16(23-17(26)14-8-11-2-3-12(14)7-11)25(24-10)15-5-4-13(9-22-15)18(19,20)21/h4-6,9,11-12,14H,2-3,7-8H2,1H3,(H,23,26). The van der Waals surface area contributed by atoms with Gasteiger partial charge in [0.2, 0.25) is 5.91 Å². The van der Waals surface area contributed by atoms with E-state index in [0.29, 0.717) is 23.3 Å². The monoisotopic (exact) mass is 364 g/mol. The number of carbonyl (C=O) groups is 1. The van der Waals surface area contributed by atoms with Gasteiger partial charge in [0.25, 0.3) is 0 Å². The molecule has 1 amide bonds. The summed E-state index contributed by atoms with van der Waals surface area (Å²) in [6, 6.07) is 3.91. The van der Waals surface area contributed by atoms with E-state index in [1.165, 1.54) is 17.2 Å². The molecule has 8 heteroatoms. The molecule has 2 bridgehead atoms. The van der Waals surface area contributed by atoms with Crippen molar-refractivity contribution in [2.45, 2.75) is 38.8 Å². The second-order valence-corrected chi connectivity index (χ2v) is 7.26. The number of nitrogens with one attached hydrogen (secondary N) is 1. The van der Waals surface area contributed by atoms with Crippen LogP contribution in [0.2, 0.25) is 0 Å². The van der Waals surface area contributed by atoms with Crippen molar-refractivity contribution in [3.63, 3.8) is 0 Å².